The summed E-state index contributed by atoms with van der Waals surface area (Å²) in [6.45, 7) is 1.09. The van der Waals surface area contributed by atoms with Crippen LogP contribution in [0.1, 0.15) is 25.7 Å². The van der Waals surface area contributed by atoms with Gasteiger partial charge in [0.2, 0.25) is 0 Å². The Morgan fingerprint density at radius 1 is 1.50 bits per heavy atom. The van der Waals surface area contributed by atoms with Crippen LogP contribution >= 0.6 is 0 Å². The van der Waals surface area contributed by atoms with E-state index in [-0.39, 0.29) is 6.03 Å². The third-order valence-corrected chi connectivity index (χ3v) is 2.24. The standard InChI is InChI=1S/C10H18N2O2/c1-14-7-6-11-10(13)12-8-9-4-2-3-5-9/h8H,2-7H2,1H3,(H2,11,12,13). The van der Waals surface area contributed by atoms with Gasteiger partial charge in [-0.2, -0.15) is 0 Å². The van der Waals surface area contributed by atoms with Crippen molar-refractivity contribution < 1.29 is 9.53 Å². The molecule has 0 heterocycles. The predicted octanol–water partition coefficient (Wildman–Crippen LogP) is 1.39. The lowest BCUT2D eigenvalue weighted by atomic mass is 10.2. The highest BCUT2D eigenvalue weighted by molar-refractivity contribution is 5.74. The molecule has 1 aliphatic carbocycles. The van der Waals surface area contributed by atoms with Gasteiger partial charge in [0, 0.05) is 19.9 Å². The van der Waals surface area contributed by atoms with Crippen molar-refractivity contribution in [1.29, 1.82) is 0 Å². The van der Waals surface area contributed by atoms with Gasteiger partial charge in [-0.25, -0.2) is 4.79 Å². The molecule has 14 heavy (non-hydrogen) atoms. The summed E-state index contributed by atoms with van der Waals surface area (Å²) in [5.41, 5.74) is 1.34. The molecule has 4 heteroatoms. The summed E-state index contributed by atoms with van der Waals surface area (Å²) < 4.78 is 4.81. The van der Waals surface area contributed by atoms with Gasteiger partial charge in [-0.05, 0) is 25.7 Å². The van der Waals surface area contributed by atoms with E-state index in [4.69, 9.17) is 4.74 Å². The number of carbonyl (C=O) groups is 1. The fourth-order valence-corrected chi connectivity index (χ4v) is 1.46. The smallest absolute Gasteiger partial charge is 0.318 e. The van der Waals surface area contributed by atoms with Crippen LogP contribution in [0, 0.1) is 0 Å². The number of hydrogen-bond donors (Lipinski definition) is 2. The first-order chi connectivity index (χ1) is 6.83. The van der Waals surface area contributed by atoms with Gasteiger partial charge in [-0.15, -0.1) is 0 Å². The molecular formula is C10H18N2O2. The molecule has 0 aliphatic heterocycles. The fraction of sp³-hybridized carbons (Fsp3) is 0.700. The summed E-state index contributed by atoms with van der Waals surface area (Å²) in [7, 11) is 1.61. The molecule has 1 fully saturated rings. The molecule has 0 bridgehead atoms. The van der Waals surface area contributed by atoms with Crippen molar-refractivity contribution in [3.05, 3.63) is 11.8 Å². The number of rotatable bonds is 4. The minimum absolute atomic E-state index is 0.151. The molecular weight excluding hydrogens is 180 g/mol. The zero-order chi connectivity index (χ0) is 10.2. The Morgan fingerprint density at radius 3 is 2.86 bits per heavy atom. The van der Waals surface area contributed by atoms with Crippen molar-refractivity contribution in [2.24, 2.45) is 0 Å². The van der Waals surface area contributed by atoms with Crippen molar-refractivity contribution >= 4 is 6.03 Å². The molecule has 0 saturated heterocycles. The molecule has 80 valence electrons. The van der Waals surface area contributed by atoms with E-state index in [2.05, 4.69) is 10.6 Å². The number of urea groups is 1. The van der Waals surface area contributed by atoms with Gasteiger partial charge >= 0.3 is 6.03 Å². The van der Waals surface area contributed by atoms with Crippen molar-refractivity contribution in [1.82, 2.24) is 10.6 Å². The second kappa shape index (κ2) is 6.43. The van der Waals surface area contributed by atoms with Crippen LogP contribution < -0.4 is 10.6 Å². The fourth-order valence-electron chi connectivity index (χ4n) is 1.46. The minimum atomic E-state index is -0.151. The number of hydrogen-bond acceptors (Lipinski definition) is 2. The number of amides is 2. The van der Waals surface area contributed by atoms with Gasteiger partial charge in [-0.1, -0.05) is 5.57 Å². The molecule has 2 N–H and O–H groups in total. The van der Waals surface area contributed by atoms with Gasteiger partial charge in [0.15, 0.2) is 0 Å². The quantitative estimate of drug-likeness (QED) is 0.671. The van der Waals surface area contributed by atoms with E-state index in [0.29, 0.717) is 13.2 Å². The molecule has 1 rings (SSSR count). The van der Waals surface area contributed by atoms with Crippen LogP contribution in [0.15, 0.2) is 11.8 Å². The number of nitrogens with one attached hydrogen (secondary N) is 2. The van der Waals surface area contributed by atoms with Crippen LogP contribution in [0.5, 0.6) is 0 Å². The monoisotopic (exact) mass is 198 g/mol. The third kappa shape index (κ3) is 4.28. The summed E-state index contributed by atoms with van der Waals surface area (Å²) in [4.78, 5) is 11.2. The van der Waals surface area contributed by atoms with Crippen molar-refractivity contribution in [3.8, 4) is 0 Å². The Balaban J connectivity index is 2.10. The normalized spacial score (nSPS) is 15.4. The molecule has 1 aliphatic rings. The highest BCUT2D eigenvalue weighted by Crippen LogP contribution is 2.22. The van der Waals surface area contributed by atoms with Gasteiger partial charge in [0.25, 0.3) is 0 Å². The van der Waals surface area contributed by atoms with E-state index < -0.39 is 0 Å². The summed E-state index contributed by atoms with van der Waals surface area (Å²) in [5.74, 6) is 0. The zero-order valence-corrected chi connectivity index (χ0v) is 8.64. The molecule has 0 aromatic carbocycles. The first-order valence-corrected chi connectivity index (χ1v) is 5.04. The van der Waals surface area contributed by atoms with Crippen molar-refractivity contribution in [3.63, 3.8) is 0 Å². The minimum Gasteiger partial charge on any atom is -0.383 e. The molecule has 2 amide bonds. The zero-order valence-electron chi connectivity index (χ0n) is 8.64. The van der Waals surface area contributed by atoms with E-state index in [1.165, 1.54) is 18.4 Å². The van der Waals surface area contributed by atoms with E-state index in [9.17, 15) is 4.79 Å². The van der Waals surface area contributed by atoms with E-state index in [0.717, 1.165) is 12.8 Å². The number of carbonyl (C=O) groups excluding carboxylic acids is 1. The Morgan fingerprint density at radius 2 is 2.21 bits per heavy atom. The van der Waals surface area contributed by atoms with Crippen LogP contribution in [-0.4, -0.2) is 26.3 Å². The number of methoxy groups -OCH3 is 1. The Hall–Kier alpha value is -1.03. The van der Waals surface area contributed by atoms with Gasteiger partial charge in [0.05, 0.1) is 6.61 Å². The lowest BCUT2D eigenvalue weighted by molar-refractivity contribution is 0.196. The van der Waals surface area contributed by atoms with Crippen molar-refractivity contribution in [2.75, 3.05) is 20.3 Å². The topological polar surface area (TPSA) is 50.4 Å². The molecule has 0 atom stereocenters. The molecule has 0 unspecified atom stereocenters. The molecule has 0 spiro atoms. The second-order valence-electron chi connectivity index (χ2n) is 3.40. The van der Waals surface area contributed by atoms with Crippen LogP contribution in [-0.2, 0) is 4.74 Å². The summed E-state index contributed by atoms with van der Waals surface area (Å²) >= 11 is 0. The summed E-state index contributed by atoms with van der Waals surface area (Å²) in [6.07, 6.45) is 6.57. The maximum atomic E-state index is 11.2. The number of ether oxygens (including phenoxy) is 1. The number of allylic oxidation sites excluding steroid dienone is 1. The second-order valence-corrected chi connectivity index (χ2v) is 3.40. The van der Waals surface area contributed by atoms with E-state index >= 15 is 0 Å². The van der Waals surface area contributed by atoms with Gasteiger partial charge in [-0.3, -0.25) is 0 Å². The first kappa shape index (κ1) is 11.0. The Kier molecular flexibility index (Phi) is 5.07. The summed E-state index contributed by atoms with van der Waals surface area (Å²) in [5, 5.41) is 5.40. The highest BCUT2D eigenvalue weighted by atomic mass is 16.5. The molecule has 0 aromatic heterocycles. The summed E-state index contributed by atoms with van der Waals surface area (Å²) in [6, 6.07) is -0.151. The Labute approximate surface area is 84.7 Å². The van der Waals surface area contributed by atoms with Crippen LogP contribution in [0.4, 0.5) is 4.79 Å². The Bertz CT molecular complexity index is 206. The molecule has 0 aromatic rings. The first-order valence-electron chi connectivity index (χ1n) is 5.04. The lowest BCUT2D eigenvalue weighted by Gasteiger charge is -2.04. The van der Waals surface area contributed by atoms with E-state index in [1.54, 1.807) is 7.11 Å². The van der Waals surface area contributed by atoms with Crippen LogP contribution in [0.3, 0.4) is 0 Å². The lowest BCUT2D eigenvalue weighted by Crippen LogP contribution is -2.34. The molecule has 1 saturated carbocycles. The van der Waals surface area contributed by atoms with Gasteiger partial charge < -0.3 is 15.4 Å². The van der Waals surface area contributed by atoms with Crippen molar-refractivity contribution in [2.45, 2.75) is 25.7 Å². The van der Waals surface area contributed by atoms with Gasteiger partial charge in [0.1, 0.15) is 0 Å². The largest absolute Gasteiger partial charge is 0.383 e. The maximum Gasteiger partial charge on any atom is 0.318 e. The predicted molar refractivity (Wildman–Crippen MR) is 55.0 cm³/mol. The average Bonchev–Trinajstić information content (AvgIpc) is 2.68. The SMILES string of the molecule is COCCNC(=O)NC=C1CCCC1. The van der Waals surface area contributed by atoms with Crippen LogP contribution in [0.25, 0.3) is 0 Å². The maximum absolute atomic E-state index is 11.2. The third-order valence-electron chi connectivity index (χ3n) is 2.24. The molecule has 4 nitrogen and oxygen atoms in total. The van der Waals surface area contributed by atoms with E-state index in [1.807, 2.05) is 6.20 Å². The van der Waals surface area contributed by atoms with Crippen LogP contribution in [0.2, 0.25) is 0 Å². The average molecular weight is 198 g/mol. The highest BCUT2D eigenvalue weighted by Gasteiger charge is 2.06. The molecule has 0 radical (unpaired) electrons.